The van der Waals surface area contributed by atoms with Crippen LogP contribution in [-0.2, 0) is 4.79 Å². The van der Waals surface area contributed by atoms with E-state index in [1.54, 1.807) is 0 Å². The number of nitrogens with zero attached hydrogens (tertiary/aromatic N) is 1. The van der Waals surface area contributed by atoms with Gasteiger partial charge < -0.3 is 19.8 Å². The van der Waals surface area contributed by atoms with Gasteiger partial charge in [-0.3, -0.25) is 9.59 Å². The van der Waals surface area contributed by atoms with Crippen molar-refractivity contribution in [1.82, 2.24) is 4.90 Å². The van der Waals surface area contributed by atoms with Gasteiger partial charge >= 0.3 is 18.3 Å². The topological polar surface area (TPSA) is 87.1 Å². The molecule has 2 N–H and O–H groups in total. The van der Waals surface area contributed by atoms with Crippen molar-refractivity contribution in [3.63, 3.8) is 0 Å². The number of carbonyl (C=O) groups is 2. The van der Waals surface area contributed by atoms with E-state index in [9.17, 15) is 41.8 Å². The highest BCUT2D eigenvalue weighted by Crippen LogP contribution is 2.44. The van der Waals surface area contributed by atoms with E-state index in [1.165, 1.54) is 17.9 Å². The van der Waals surface area contributed by atoms with Crippen LogP contribution in [0.25, 0.3) is 0 Å². The van der Waals surface area contributed by atoms with Crippen LogP contribution in [0.1, 0.15) is 29.4 Å². The number of hydrogen-bond donors (Lipinski definition) is 2. The first kappa shape index (κ1) is 23.1. The molecule has 2 heterocycles. The number of aliphatic carboxylic acids is 1. The lowest BCUT2D eigenvalue weighted by Gasteiger charge is -2.28. The summed E-state index contributed by atoms with van der Waals surface area (Å²) in [5.74, 6) is -2.24. The minimum atomic E-state index is -5.94. The molecule has 6 nitrogen and oxygen atoms in total. The number of aliphatic hydroxyl groups excluding tert-OH is 1. The first-order valence-electron chi connectivity index (χ1n) is 8.51. The van der Waals surface area contributed by atoms with Gasteiger partial charge in [-0.1, -0.05) is 22.9 Å². The van der Waals surface area contributed by atoms with Gasteiger partial charge in [-0.25, -0.2) is 0 Å². The molecule has 3 rings (SSSR count). The number of thiophene rings is 1. The van der Waals surface area contributed by atoms with E-state index in [0.29, 0.717) is 5.57 Å². The zero-order chi connectivity index (χ0) is 23.3. The second-order valence-corrected chi connectivity index (χ2v) is 8.16. The Labute approximate surface area is 180 Å². The molecule has 0 bridgehead atoms. The highest BCUT2D eigenvalue weighted by Gasteiger charge is 2.61. The van der Waals surface area contributed by atoms with Crippen molar-refractivity contribution in [2.45, 2.75) is 38.1 Å². The molecule has 1 aliphatic heterocycles. The van der Waals surface area contributed by atoms with Crippen LogP contribution in [0.4, 0.5) is 22.0 Å². The Hall–Kier alpha value is -2.60. The Morgan fingerprint density at radius 1 is 1.29 bits per heavy atom. The van der Waals surface area contributed by atoms with E-state index in [-0.39, 0.29) is 44.7 Å². The smallest absolute Gasteiger partial charge is 0.499 e. The van der Waals surface area contributed by atoms with E-state index in [1.807, 2.05) is 0 Å². The number of allylic oxidation sites excluding steroid dienone is 2. The van der Waals surface area contributed by atoms with E-state index in [0.717, 1.165) is 12.1 Å². The van der Waals surface area contributed by atoms with Gasteiger partial charge in [0, 0.05) is 12.1 Å². The lowest BCUT2D eigenvalue weighted by Crippen LogP contribution is -2.41. The van der Waals surface area contributed by atoms with Crippen LogP contribution in [0.5, 0.6) is 5.06 Å². The molecule has 0 saturated heterocycles. The van der Waals surface area contributed by atoms with Crippen LogP contribution in [-0.4, -0.2) is 45.3 Å². The quantitative estimate of drug-likeness (QED) is 0.560. The molecule has 31 heavy (non-hydrogen) atoms. The normalized spacial score (nSPS) is 19.5. The molecule has 0 aromatic carbocycles. The lowest BCUT2D eigenvalue weighted by atomic mass is 9.92. The van der Waals surface area contributed by atoms with E-state index >= 15 is 0 Å². The number of ether oxygens (including phenoxy) is 1. The van der Waals surface area contributed by atoms with Gasteiger partial charge in [0.05, 0.1) is 22.4 Å². The Morgan fingerprint density at radius 2 is 1.94 bits per heavy atom. The predicted octanol–water partition coefficient (Wildman–Crippen LogP) is 5.19. The van der Waals surface area contributed by atoms with Gasteiger partial charge in [-0.2, -0.15) is 22.0 Å². The van der Waals surface area contributed by atoms with Crippen molar-refractivity contribution in [3.8, 4) is 5.06 Å². The number of rotatable bonds is 5. The lowest BCUT2D eigenvalue weighted by molar-refractivity contribution is -0.359. The molecule has 168 valence electrons. The summed E-state index contributed by atoms with van der Waals surface area (Å²) in [4.78, 5) is 25.3. The fourth-order valence-electron chi connectivity index (χ4n) is 3.28. The van der Waals surface area contributed by atoms with Crippen LogP contribution in [0, 0.1) is 0 Å². The van der Waals surface area contributed by atoms with Gasteiger partial charge in [-0.05, 0) is 36.3 Å². The minimum Gasteiger partial charge on any atom is -0.507 e. The maximum atomic E-state index is 13.1. The number of carboxylic acids is 1. The number of hydrogen-bond acceptors (Lipinski definition) is 5. The third-order valence-electron chi connectivity index (χ3n) is 4.66. The molecule has 1 aromatic rings. The van der Waals surface area contributed by atoms with Crippen molar-refractivity contribution < 1.29 is 46.5 Å². The molecule has 1 aromatic heterocycles. The first-order chi connectivity index (χ1) is 14.2. The molecule has 1 unspecified atom stereocenters. The number of aliphatic hydroxyl groups is 1. The van der Waals surface area contributed by atoms with Gasteiger partial charge in [0.2, 0.25) is 0 Å². The third-order valence-corrected chi connectivity index (χ3v) is 5.96. The van der Waals surface area contributed by atoms with Gasteiger partial charge in [0.25, 0.3) is 5.91 Å². The minimum absolute atomic E-state index is 0.0240. The number of alkyl halides is 5. The monoisotopic (exact) mass is 485 g/mol. The fraction of sp³-hybridized carbons (Fsp3) is 0.333. The van der Waals surface area contributed by atoms with Gasteiger partial charge in [0.15, 0.2) is 5.06 Å². The summed E-state index contributed by atoms with van der Waals surface area (Å²) in [7, 11) is 0. The molecule has 1 atom stereocenters. The fourth-order valence-corrected chi connectivity index (χ4v) is 4.30. The average Bonchev–Trinajstić information content (AvgIpc) is 3.18. The molecule has 0 saturated carbocycles. The standard InChI is InChI=1S/C18H13ClF5NO5S/c1-7-8(5-14(27)28)9-4-12(26)10(19)6-11(9)25(7)16(29)13-2-3-15(31-13)30-18(23,24)17(20,21)22/h2-4,11,26H,5-6H2,1H3,(H,27,28). The maximum Gasteiger partial charge on any atom is 0.499 e. The van der Waals surface area contributed by atoms with E-state index in [4.69, 9.17) is 11.6 Å². The van der Waals surface area contributed by atoms with Crippen molar-refractivity contribution in [2.24, 2.45) is 0 Å². The molecule has 0 radical (unpaired) electrons. The van der Waals surface area contributed by atoms with Crippen LogP contribution in [0.15, 0.2) is 45.8 Å². The SMILES string of the molecule is CC1=C(CC(=O)O)C2=CC(O)=C(Cl)CC2N1C(=O)c1ccc(OC(F)(F)C(F)(F)F)s1. The molecule has 1 aliphatic carbocycles. The van der Waals surface area contributed by atoms with Crippen molar-refractivity contribution in [2.75, 3.05) is 0 Å². The van der Waals surface area contributed by atoms with Crippen LogP contribution in [0.2, 0.25) is 0 Å². The highest BCUT2D eigenvalue weighted by atomic mass is 35.5. The average molecular weight is 486 g/mol. The number of carboxylic acid groups (broad SMARTS) is 1. The number of fused-ring (bicyclic) bond motifs is 1. The van der Waals surface area contributed by atoms with Gasteiger partial charge in [0.1, 0.15) is 5.76 Å². The van der Waals surface area contributed by atoms with Crippen molar-refractivity contribution >= 4 is 34.8 Å². The molecule has 0 fully saturated rings. The third kappa shape index (κ3) is 4.26. The van der Waals surface area contributed by atoms with Crippen molar-refractivity contribution in [1.29, 1.82) is 0 Å². The summed E-state index contributed by atoms with van der Waals surface area (Å²) in [6.07, 6.45) is -10.6. The second kappa shape index (κ2) is 7.83. The maximum absolute atomic E-state index is 13.1. The summed E-state index contributed by atoms with van der Waals surface area (Å²) in [5.41, 5.74) is 0.851. The van der Waals surface area contributed by atoms with Crippen LogP contribution >= 0.6 is 22.9 Å². The number of carbonyl (C=O) groups excluding carboxylic acids is 1. The summed E-state index contributed by atoms with van der Waals surface area (Å²) >= 11 is 6.26. The Bertz CT molecular complexity index is 1040. The Balaban J connectivity index is 1.93. The Morgan fingerprint density at radius 3 is 2.52 bits per heavy atom. The summed E-state index contributed by atoms with van der Waals surface area (Å²) < 4.78 is 67.0. The number of halogens is 6. The van der Waals surface area contributed by atoms with Crippen LogP contribution in [0.3, 0.4) is 0 Å². The summed E-state index contributed by atoms with van der Waals surface area (Å²) in [6.45, 7) is 1.46. The highest BCUT2D eigenvalue weighted by molar-refractivity contribution is 7.15. The molecular weight excluding hydrogens is 473 g/mol. The zero-order valence-electron chi connectivity index (χ0n) is 15.5. The zero-order valence-corrected chi connectivity index (χ0v) is 17.0. The first-order valence-corrected chi connectivity index (χ1v) is 9.70. The molecular formula is C18H13ClF5NO5S. The molecule has 1 amide bonds. The van der Waals surface area contributed by atoms with Crippen molar-refractivity contribution in [3.05, 3.63) is 50.7 Å². The molecule has 0 spiro atoms. The molecule has 2 aliphatic rings. The summed E-state index contributed by atoms with van der Waals surface area (Å²) in [6, 6.07) is 1.06. The van der Waals surface area contributed by atoms with Gasteiger partial charge in [-0.15, -0.1) is 0 Å². The second-order valence-electron chi connectivity index (χ2n) is 6.65. The summed E-state index contributed by atoms with van der Waals surface area (Å²) in [5, 5.41) is 18.3. The predicted molar refractivity (Wildman–Crippen MR) is 99.1 cm³/mol. The Kier molecular flexibility index (Phi) is 5.82. The number of amides is 1. The molecule has 13 heteroatoms. The largest absolute Gasteiger partial charge is 0.507 e. The van der Waals surface area contributed by atoms with Crippen LogP contribution < -0.4 is 4.74 Å². The van der Waals surface area contributed by atoms with E-state index in [2.05, 4.69) is 4.74 Å². The van der Waals surface area contributed by atoms with E-state index < -0.39 is 41.7 Å².